The predicted molar refractivity (Wildman–Crippen MR) is 59.7 cm³/mol. The van der Waals surface area contributed by atoms with Crippen LogP contribution < -0.4 is 0 Å². The Morgan fingerprint density at radius 1 is 1.27 bits per heavy atom. The number of rotatable bonds is 3. The topological polar surface area (TPSA) is 18.5 Å². The third-order valence-electron chi connectivity index (χ3n) is 2.79. The second-order valence-corrected chi connectivity index (χ2v) is 4.14. The molecule has 2 heteroatoms. The number of ether oxygens (including phenoxy) is 2. The fourth-order valence-corrected chi connectivity index (χ4v) is 1.78. The summed E-state index contributed by atoms with van der Waals surface area (Å²) in [6.07, 6.45) is 2.91. The SMILES string of the molecule is C[C@H]1CC[C@@H](OCc2ccccc2)CO1. The molecule has 1 fully saturated rings. The normalized spacial score (nSPS) is 26.5. The molecule has 1 aromatic rings. The molecule has 2 atom stereocenters. The second kappa shape index (κ2) is 5.29. The third kappa shape index (κ3) is 3.33. The van der Waals surface area contributed by atoms with Gasteiger partial charge in [-0.05, 0) is 25.3 Å². The lowest BCUT2D eigenvalue weighted by Crippen LogP contribution is -2.29. The van der Waals surface area contributed by atoms with Gasteiger partial charge in [0.2, 0.25) is 0 Å². The number of hydrogen-bond donors (Lipinski definition) is 0. The molecule has 1 aromatic carbocycles. The summed E-state index contributed by atoms with van der Waals surface area (Å²) in [5.41, 5.74) is 1.23. The Kier molecular flexibility index (Phi) is 3.75. The van der Waals surface area contributed by atoms with Gasteiger partial charge in [-0.15, -0.1) is 0 Å². The van der Waals surface area contributed by atoms with Crippen molar-refractivity contribution in [2.75, 3.05) is 6.61 Å². The molecule has 1 saturated heterocycles. The lowest BCUT2D eigenvalue weighted by molar-refractivity contribution is -0.0849. The molecular formula is C13H18O2. The standard InChI is InChI=1S/C13H18O2/c1-11-7-8-13(10-14-11)15-9-12-5-3-2-4-6-12/h2-6,11,13H,7-10H2,1H3/t11-,13+/m0/s1. The zero-order chi connectivity index (χ0) is 10.5. The Morgan fingerprint density at radius 3 is 2.73 bits per heavy atom. The van der Waals surface area contributed by atoms with Gasteiger partial charge < -0.3 is 9.47 Å². The van der Waals surface area contributed by atoms with Crippen molar-refractivity contribution < 1.29 is 9.47 Å². The van der Waals surface area contributed by atoms with Crippen LogP contribution in [-0.4, -0.2) is 18.8 Å². The Hall–Kier alpha value is -0.860. The largest absolute Gasteiger partial charge is 0.376 e. The molecule has 1 aliphatic rings. The van der Waals surface area contributed by atoms with Gasteiger partial charge in [0, 0.05) is 0 Å². The molecule has 82 valence electrons. The molecule has 15 heavy (non-hydrogen) atoms. The van der Waals surface area contributed by atoms with Crippen LogP contribution in [0.2, 0.25) is 0 Å². The lowest BCUT2D eigenvalue weighted by atomic mass is 10.1. The second-order valence-electron chi connectivity index (χ2n) is 4.14. The Morgan fingerprint density at radius 2 is 2.07 bits per heavy atom. The first kappa shape index (κ1) is 10.7. The van der Waals surface area contributed by atoms with Gasteiger partial charge in [0.25, 0.3) is 0 Å². The molecular weight excluding hydrogens is 188 g/mol. The van der Waals surface area contributed by atoms with Crippen LogP contribution in [0.15, 0.2) is 30.3 Å². The number of hydrogen-bond acceptors (Lipinski definition) is 2. The van der Waals surface area contributed by atoms with Gasteiger partial charge in [-0.2, -0.15) is 0 Å². The lowest BCUT2D eigenvalue weighted by Gasteiger charge is -2.26. The van der Waals surface area contributed by atoms with Crippen molar-refractivity contribution in [1.29, 1.82) is 0 Å². The van der Waals surface area contributed by atoms with E-state index >= 15 is 0 Å². The van der Waals surface area contributed by atoms with Crippen molar-refractivity contribution in [2.45, 2.75) is 38.6 Å². The van der Waals surface area contributed by atoms with E-state index in [-0.39, 0.29) is 6.10 Å². The maximum Gasteiger partial charge on any atom is 0.0814 e. The minimum atomic E-state index is 0.279. The molecule has 0 amide bonds. The van der Waals surface area contributed by atoms with Gasteiger partial charge in [0.15, 0.2) is 0 Å². The molecule has 0 N–H and O–H groups in total. The molecule has 0 radical (unpaired) electrons. The minimum Gasteiger partial charge on any atom is -0.376 e. The smallest absolute Gasteiger partial charge is 0.0814 e. The molecule has 0 aromatic heterocycles. The average molecular weight is 206 g/mol. The van der Waals surface area contributed by atoms with Crippen LogP contribution in [0.5, 0.6) is 0 Å². The highest BCUT2D eigenvalue weighted by molar-refractivity contribution is 5.13. The maximum atomic E-state index is 5.79. The van der Waals surface area contributed by atoms with E-state index in [0.717, 1.165) is 19.4 Å². The van der Waals surface area contributed by atoms with Crippen molar-refractivity contribution in [3.05, 3.63) is 35.9 Å². The van der Waals surface area contributed by atoms with Crippen molar-refractivity contribution in [1.82, 2.24) is 0 Å². The molecule has 0 spiro atoms. The molecule has 2 nitrogen and oxygen atoms in total. The summed E-state index contributed by atoms with van der Waals surface area (Å²) in [5, 5.41) is 0. The van der Waals surface area contributed by atoms with Crippen LogP contribution in [0, 0.1) is 0 Å². The molecule has 0 saturated carbocycles. The zero-order valence-corrected chi connectivity index (χ0v) is 9.19. The van der Waals surface area contributed by atoms with E-state index in [0.29, 0.717) is 12.7 Å². The van der Waals surface area contributed by atoms with E-state index in [4.69, 9.17) is 9.47 Å². The van der Waals surface area contributed by atoms with Crippen molar-refractivity contribution >= 4 is 0 Å². The first-order chi connectivity index (χ1) is 7.34. The van der Waals surface area contributed by atoms with Crippen molar-refractivity contribution in [3.63, 3.8) is 0 Å². The monoisotopic (exact) mass is 206 g/mol. The van der Waals surface area contributed by atoms with Crippen LogP contribution in [0.1, 0.15) is 25.3 Å². The Bertz CT molecular complexity index is 276. The van der Waals surface area contributed by atoms with Crippen LogP contribution in [0.4, 0.5) is 0 Å². The van der Waals surface area contributed by atoms with Crippen molar-refractivity contribution in [2.24, 2.45) is 0 Å². The van der Waals surface area contributed by atoms with Gasteiger partial charge >= 0.3 is 0 Å². The average Bonchev–Trinajstić information content (AvgIpc) is 2.30. The summed E-state index contributed by atoms with van der Waals surface area (Å²) in [6, 6.07) is 10.3. The quantitative estimate of drug-likeness (QED) is 0.757. The summed E-state index contributed by atoms with van der Waals surface area (Å²) < 4.78 is 11.3. The highest BCUT2D eigenvalue weighted by atomic mass is 16.5. The Labute approximate surface area is 91.2 Å². The molecule has 1 heterocycles. The summed E-state index contributed by atoms with van der Waals surface area (Å²) in [4.78, 5) is 0. The van der Waals surface area contributed by atoms with Crippen molar-refractivity contribution in [3.8, 4) is 0 Å². The van der Waals surface area contributed by atoms with Crippen LogP contribution in [0.3, 0.4) is 0 Å². The van der Waals surface area contributed by atoms with Gasteiger partial charge in [-0.3, -0.25) is 0 Å². The van der Waals surface area contributed by atoms with E-state index < -0.39 is 0 Å². The van der Waals surface area contributed by atoms with Crippen LogP contribution in [0.25, 0.3) is 0 Å². The summed E-state index contributed by atoms with van der Waals surface area (Å²) in [7, 11) is 0. The van der Waals surface area contributed by atoms with Crippen LogP contribution >= 0.6 is 0 Å². The predicted octanol–water partition coefficient (Wildman–Crippen LogP) is 2.77. The molecule has 1 aliphatic heterocycles. The third-order valence-corrected chi connectivity index (χ3v) is 2.79. The fourth-order valence-electron chi connectivity index (χ4n) is 1.78. The number of benzene rings is 1. The Balaban J connectivity index is 1.74. The van der Waals surface area contributed by atoms with E-state index in [2.05, 4.69) is 19.1 Å². The maximum absolute atomic E-state index is 5.79. The fraction of sp³-hybridized carbons (Fsp3) is 0.538. The molecule has 0 unspecified atom stereocenters. The van der Waals surface area contributed by atoms with Gasteiger partial charge in [-0.1, -0.05) is 30.3 Å². The molecule has 0 bridgehead atoms. The van der Waals surface area contributed by atoms with Crippen LogP contribution in [-0.2, 0) is 16.1 Å². The van der Waals surface area contributed by atoms with E-state index in [1.807, 2.05) is 18.2 Å². The first-order valence-corrected chi connectivity index (χ1v) is 5.62. The highest BCUT2D eigenvalue weighted by Gasteiger charge is 2.18. The van der Waals surface area contributed by atoms with E-state index in [9.17, 15) is 0 Å². The highest BCUT2D eigenvalue weighted by Crippen LogP contribution is 2.16. The van der Waals surface area contributed by atoms with E-state index in [1.54, 1.807) is 0 Å². The minimum absolute atomic E-state index is 0.279. The summed E-state index contributed by atoms with van der Waals surface area (Å²) in [5.74, 6) is 0. The van der Waals surface area contributed by atoms with E-state index in [1.165, 1.54) is 5.56 Å². The molecule has 0 aliphatic carbocycles. The van der Waals surface area contributed by atoms with Gasteiger partial charge in [0.1, 0.15) is 0 Å². The summed E-state index contributed by atoms with van der Waals surface area (Å²) >= 11 is 0. The first-order valence-electron chi connectivity index (χ1n) is 5.62. The van der Waals surface area contributed by atoms with Gasteiger partial charge in [-0.25, -0.2) is 0 Å². The zero-order valence-electron chi connectivity index (χ0n) is 9.19. The summed E-state index contributed by atoms with van der Waals surface area (Å²) in [6.45, 7) is 3.56. The van der Waals surface area contributed by atoms with Gasteiger partial charge in [0.05, 0.1) is 25.4 Å². The molecule has 2 rings (SSSR count).